The summed E-state index contributed by atoms with van der Waals surface area (Å²) in [6, 6.07) is 6.83. The fourth-order valence-corrected chi connectivity index (χ4v) is 3.56. The van der Waals surface area contributed by atoms with E-state index in [2.05, 4.69) is 5.16 Å². The van der Waals surface area contributed by atoms with Gasteiger partial charge in [-0.25, -0.2) is 0 Å². The molecule has 0 spiro atoms. The molecule has 17 heavy (non-hydrogen) atoms. The number of hydrogen-bond donors (Lipinski definition) is 0. The van der Waals surface area contributed by atoms with Crippen LogP contribution in [0.15, 0.2) is 29.4 Å². The van der Waals surface area contributed by atoms with Crippen LogP contribution in [-0.4, -0.2) is 32.1 Å². The number of hydrogen-bond acceptors (Lipinski definition) is 5. The summed E-state index contributed by atoms with van der Waals surface area (Å²) in [5.74, 6) is 0. The summed E-state index contributed by atoms with van der Waals surface area (Å²) in [4.78, 5) is 5.06. The molecule has 2 aliphatic rings. The fraction of sp³-hybridized carbons (Fsp3) is 0.300. The van der Waals surface area contributed by atoms with Gasteiger partial charge in [0, 0.05) is 10.6 Å². The molecule has 7 heteroatoms. The van der Waals surface area contributed by atoms with Gasteiger partial charge in [-0.1, -0.05) is 28.9 Å². The fourth-order valence-electron chi connectivity index (χ4n) is 1.95. The molecule has 0 amide bonds. The Morgan fingerprint density at radius 1 is 1.41 bits per heavy atom. The van der Waals surface area contributed by atoms with Gasteiger partial charge in [0.15, 0.2) is 11.4 Å². The molecule has 2 aliphatic heterocycles. The first kappa shape index (κ1) is 11.0. The smallest absolute Gasteiger partial charge is 0.280 e. The van der Waals surface area contributed by atoms with Crippen LogP contribution in [0.4, 0.5) is 0 Å². The third-order valence-corrected chi connectivity index (χ3v) is 4.57. The minimum Gasteiger partial charge on any atom is -0.388 e. The highest BCUT2D eigenvalue weighted by atomic mass is 35.5. The maximum Gasteiger partial charge on any atom is 0.280 e. The van der Waals surface area contributed by atoms with Gasteiger partial charge in [0.1, 0.15) is 12.3 Å². The zero-order valence-electron chi connectivity index (χ0n) is 8.54. The maximum absolute atomic E-state index is 11.7. The first-order valence-corrected chi connectivity index (χ1v) is 6.81. The molecular formula is C10H8ClNO4S. The number of halogens is 1. The predicted octanol–water partition coefficient (Wildman–Crippen LogP) is 1.17. The van der Waals surface area contributed by atoms with Crippen molar-refractivity contribution in [2.24, 2.45) is 5.16 Å². The number of rotatable bonds is 1. The molecule has 90 valence electrons. The van der Waals surface area contributed by atoms with Crippen LogP contribution in [0.25, 0.3) is 0 Å². The summed E-state index contributed by atoms with van der Waals surface area (Å²) in [5.41, 5.74) is 0.995. The van der Waals surface area contributed by atoms with Crippen LogP contribution in [0.1, 0.15) is 5.56 Å². The van der Waals surface area contributed by atoms with Gasteiger partial charge in [0.2, 0.25) is 0 Å². The van der Waals surface area contributed by atoms with Gasteiger partial charge in [0.25, 0.3) is 10.1 Å². The Kier molecular flexibility index (Phi) is 2.39. The molecule has 0 saturated carbocycles. The van der Waals surface area contributed by atoms with Gasteiger partial charge in [-0.3, -0.25) is 4.18 Å². The number of nitrogens with zero attached hydrogens (tertiary/aromatic N) is 1. The van der Waals surface area contributed by atoms with Gasteiger partial charge in [-0.05, 0) is 12.1 Å². The van der Waals surface area contributed by atoms with E-state index in [4.69, 9.17) is 20.6 Å². The van der Waals surface area contributed by atoms with E-state index in [-0.39, 0.29) is 6.61 Å². The van der Waals surface area contributed by atoms with Crippen molar-refractivity contribution >= 4 is 27.4 Å². The second-order valence-corrected chi connectivity index (χ2v) is 5.99. The molecule has 2 atom stereocenters. The van der Waals surface area contributed by atoms with Crippen LogP contribution in [0, 0.1) is 0 Å². The van der Waals surface area contributed by atoms with E-state index in [0.717, 1.165) is 0 Å². The summed E-state index contributed by atoms with van der Waals surface area (Å²) < 4.78 is 28.1. The number of oxime groups is 1. The summed E-state index contributed by atoms with van der Waals surface area (Å²) in [5, 5.41) is 3.50. The van der Waals surface area contributed by atoms with E-state index in [1.54, 1.807) is 24.3 Å². The molecule has 1 aromatic carbocycles. The second-order valence-electron chi connectivity index (χ2n) is 3.83. The SMILES string of the molecule is O=S1(=O)OC[C@H]2ON=C(c3cccc(Cl)c3)[C@H]21. The Morgan fingerprint density at radius 2 is 2.24 bits per heavy atom. The highest BCUT2D eigenvalue weighted by molar-refractivity contribution is 7.88. The standard InChI is InChI=1S/C10H8ClNO4S/c11-7-3-1-2-6(4-7)9-10-8(16-12-9)5-15-17(10,13)14/h1-4,8,10H,5H2/t8-,10+/m1/s1. The first-order chi connectivity index (χ1) is 8.08. The van der Waals surface area contributed by atoms with Crippen LogP contribution < -0.4 is 0 Å². The quantitative estimate of drug-likeness (QED) is 0.721. The zero-order chi connectivity index (χ0) is 12.0. The summed E-state index contributed by atoms with van der Waals surface area (Å²) in [6.07, 6.45) is -0.547. The van der Waals surface area contributed by atoms with E-state index in [1.165, 1.54) is 0 Å². The van der Waals surface area contributed by atoms with Crippen molar-refractivity contribution in [3.63, 3.8) is 0 Å². The summed E-state index contributed by atoms with van der Waals surface area (Å²) in [7, 11) is -3.63. The Bertz CT molecular complexity index is 598. The van der Waals surface area contributed by atoms with Crippen LogP contribution in [0.5, 0.6) is 0 Å². The molecule has 1 aromatic rings. The molecule has 0 aromatic heterocycles. The molecular weight excluding hydrogens is 266 g/mol. The van der Waals surface area contributed by atoms with E-state index in [0.29, 0.717) is 16.3 Å². The Morgan fingerprint density at radius 3 is 3.00 bits per heavy atom. The van der Waals surface area contributed by atoms with Crippen molar-refractivity contribution in [2.45, 2.75) is 11.4 Å². The summed E-state index contributed by atoms with van der Waals surface area (Å²) >= 11 is 5.86. The van der Waals surface area contributed by atoms with Crippen LogP contribution in [0.2, 0.25) is 5.02 Å². The minimum atomic E-state index is -3.63. The van der Waals surface area contributed by atoms with Gasteiger partial charge in [-0.15, -0.1) is 0 Å². The van der Waals surface area contributed by atoms with Crippen LogP contribution >= 0.6 is 11.6 Å². The van der Waals surface area contributed by atoms with E-state index >= 15 is 0 Å². The number of fused-ring (bicyclic) bond motifs is 1. The van der Waals surface area contributed by atoms with Crippen molar-refractivity contribution in [1.82, 2.24) is 0 Å². The Hall–Kier alpha value is -1.11. The Labute approximate surface area is 103 Å². The van der Waals surface area contributed by atoms with Gasteiger partial charge in [-0.2, -0.15) is 8.42 Å². The minimum absolute atomic E-state index is 0.0145. The van der Waals surface area contributed by atoms with Crippen molar-refractivity contribution in [3.05, 3.63) is 34.9 Å². The van der Waals surface area contributed by atoms with Gasteiger partial charge < -0.3 is 4.84 Å². The third kappa shape index (κ3) is 1.72. The molecule has 0 aliphatic carbocycles. The molecule has 0 radical (unpaired) electrons. The van der Waals surface area contributed by atoms with E-state index in [1.807, 2.05) is 0 Å². The van der Waals surface area contributed by atoms with E-state index < -0.39 is 21.5 Å². The van der Waals surface area contributed by atoms with Crippen molar-refractivity contribution in [3.8, 4) is 0 Å². The van der Waals surface area contributed by atoms with Gasteiger partial charge >= 0.3 is 0 Å². The normalized spacial score (nSPS) is 29.6. The monoisotopic (exact) mass is 273 g/mol. The summed E-state index contributed by atoms with van der Waals surface area (Å²) in [6.45, 7) is 0.0145. The molecule has 1 saturated heterocycles. The topological polar surface area (TPSA) is 65.0 Å². The lowest BCUT2D eigenvalue weighted by atomic mass is 10.1. The molecule has 0 N–H and O–H groups in total. The van der Waals surface area contributed by atoms with Crippen molar-refractivity contribution in [1.29, 1.82) is 0 Å². The third-order valence-electron chi connectivity index (χ3n) is 2.72. The molecule has 2 heterocycles. The van der Waals surface area contributed by atoms with Crippen molar-refractivity contribution in [2.75, 3.05) is 6.61 Å². The molecule has 0 bridgehead atoms. The van der Waals surface area contributed by atoms with Crippen LogP contribution in [-0.2, 0) is 19.1 Å². The molecule has 0 unspecified atom stereocenters. The average Bonchev–Trinajstić information content (AvgIpc) is 2.81. The van der Waals surface area contributed by atoms with Gasteiger partial charge in [0.05, 0.1) is 0 Å². The second kappa shape index (κ2) is 3.69. The van der Waals surface area contributed by atoms with E-state index in [9.17, 15) is 8.42 Å². The molecule has 1 fully saturated rings. The first-order valence-electron chi connectivity index (χ1n) is 4.96. The highest BCUT2D eigenvalue weighted by Gasteiger charge is 2.51. The van der Waals surface area contributed by atoms with Crippen LogP contribution in [0.3, 0.4) is 0 Å². The van der Waals surface area contributed by atoms with Crippen molar-refractivity contribution < 1.29 is 17.4 Å². The molecule has 3 rings (SSSR count). The Balaban J connectivity index is 2.05. The predicted molar refractivity (Wildman–Crippen MR) is 61.5 cm³/mol. The lowest BCUT2D eigenvalue weighted by Gasteiger charge is -2.06. The molecule has 5 nitrogen and oxygen atoms in total. The lowest BCUT2D eigenvalue weighted by molar-refractivity contribution is 0.0683. The number of benzene rings is 1. The highest BCUT2D eigenvalue weighted by Crippen LogP contribution is 2.30. The lowest BCUT2D eigenvalue weighted by Crippen LogP contribution is -2.31. The zero-order valence-corrected chi connectivity index (χ0v) is 10.1. The largest absolute Gasteiger partial charge is 0.388 e. The maximum atomic E-state index is 11.7. The average molecular weight is 274 g/mol.